The highest BCUT2D eigenvalue weighted by atomic mass is 35.5. The van der Waals surface area contributed by atoms with Crippen LogP contribution in [0.25, 0.3) is 11.3 Å². The Bertz CT molecular complexity index is 2030. The molecule has 2 aliphatic rings. The lowest BCUT2D eigenvalue weighted by Crippen LogP contribution is -2.43. The first-order valence-electron chi connectivity index (χ1n) is 15.1. The average Bonchev–Trinajstić information content (AvgIpc) is 3.74. The number of anilines is 1. The van der Waals surface area contributed by atoms with Crippen molar-refractivity contribution >= 4 is 35.3 Å². The molecule has 0 unspecified atom stereocenters. The van der Waals surface area contributed by atoms with Crippen molar-refractivity contribution in [1.29, 1.82) is 0 Å². The summed E-state index contributed by atoms with van der Waals surface area (Å²) in [6.07, 6.45) is 1.81. The topological polar surface area (TPSA) is 162 Å². The molecule has 3 aromatic carbocycles. The van der Waals surface area contributed by atoms with Gasteiger partial charge in [-0.25, -0.2) is 18.2 Å². The fraction of sp³-hybridized carbons (Fsp3) is 0.257. The molecular formula is C35H31ClF3N5O5. The van der Waals surface area contributed by atoms with E-state index >= 15 is 0 Å². The number of methoxy groups -OCH3 is 1. The van der Waals surface area contributed by atoms with Crippen LogP contribution in [0, 0.1) is 11.6 Å². The van der Waals surface area contributed by atoms with E-state index < -0.39 is 51.8 Å². The standard InChI is InChI=1S/C35H31ClF3N5O5/c1-33(32(41)46)17-49-30-22(33)14-25(44-29(30)21-8-9-23(37)27(38)26(21)36)35(47,20-6-4-3-5-7-20)16-42-31(45)18-12-19(15-43-34(39)10-11-34)28(40)24(13-18)48-2/h3-9,12-15,47H,10-11,16-17,40H2,1-2H3,(H2,41,46)(H,42,45)/b43-15+/t33-,35+/m0/s1. The second-order valence-corrected chi connectivity index (χ2v) is 12.6. The van der Waals surface area contributed by atoms with Gasteiger partial charge in [-0.05, 0) is 42.8 Å². The predicted octanol–water partition coefficient (Wildman–Crippen LogP) is 4.95. The number of hydrogen-bond donors (Lipinski definition) is 4. The van der Waals surface area contributed by atoms with E-state index in [2.05, 4.69) is 15.3 Å². The first-order chi connectivity index (χ1) is 23.2. The second kappa shape index (κ2) is 12.4. The summed E-state index contributed by atoms with van der Waals surface area (Å²) >= 11 is 6.25. The third kappa shape index (κ3) is 6.04. The van der Waals surface area contributed by atoms with Gasteiger partial charge < -0.3 is 31.4 Å². The number of aliphatic imine (C=N–C) groups is 1. The van der Waals surface area contributed by atoms with E-state index in [-0.39, 0.29) is 75.8 Å². The van der Waals surface area contributed by atoms with Crippen LogP contribution in [0.1, 0.15) is 52.5 Å². The highest BCUT2D eigenvalue weighted by Crippen LogP contribution is 2.48. The molecule has 6 N–H and O–H groups in total. The summed E-state index contributed by atoms with van der Waals surface area (Å²) in [4.78, 5) is 34.9. The first-order valence-corrected chi connectivity index (χ1v) is 15.5. The maximum Gasteiger partial charge on any atom is 0.251 e. The molecule has 1 saturated carbocycles. The van der Waals surface area contributed by atoms with E-state index in [9.17, 15) is 27.9 Å². The normalized spacial score (nSPS) is 18.8. The van der Waals surface area contributed by atoms with Crippen molar-refractivity contribution in [3.05, 3.63) is 105 Å². The Hall–Kier alpha value is -5.14. The molecule has 0 radical (unpaired) electrons. The molecule has 2 heterocycles. The zero-order valence-corrected chi connectivity index (χ0v) is 27.1. The molecule has 0 spiro atoms. The van der Waals surface area contributed by atoms with Crippen LogP contribution in [0.3, 0.4) is 0 Å². The minimum absolute atomic E-state index is 0.0434. The number of pyridine rings is 1. The Morgan fingerprint density at radius 1 is 1.18 bits per heavy atom. The monoisotopic (exact) mass is 693 g/mol. The Labute approximate surface area is 283 Å². The van der Waals surface area contributed by atoms with Crippen LogP contribution in [0.5, 0.6) is 11.5 Å². The molecule has 0 bridgehead atoms. The molecule has 1 aromatic heterocycles. The van der Waals surface area contributed by atoms with Crippen molar-refractivity contribution in [2.24, 2.45) is 10.7 Å². The predicted molar refractivity (Wildman–Crippen MR) is 176 cm³/mol. The SMILES string of the molecule is COc1cc(C(=O)NC[C@@](O)(c2ccccc2)c2cc3c(c(-c4ccc(F)c(F)c4Cl)n2)OC[C@]3(C)C(N)=O)cc(/C=N/C2(F)CC2)c1N. The van der Waals surface area contributed by atoms with Crippen LogP contribution < -0.4 is 26.3 Å². The van der Waals surface area contributed by atoms with Crippen LogP contribution in [0.4, 0.5) is 18.9 Å². The second-order valence-electron chi connectivity index (χ2n) is 12.2. The molecule has 2 amide bonds. The van der Waals surface area contributed by atoms with E-state index in [1.165, 1.54) is 44.5 Å². The maximum atomic E-state index is 14.7. The number of carbonyl (C=O) groups excluding carboxylic acids is 2. The van der Waals surface area contributed by atoms with E-state index in [0.29, 0.717) is 0 Å². The number of fused-ring (bicyclic) bond motifs is 1. The summed E-state index contributed by atoms with van der Waals surface area (Å²) in [6.45, 7) is 0.852. The van der Waals surface area contributed by atoms with E-state index in [1.807, 2.05) is 0 Å². The van der Waals surface area contributed by atoms with E-state index in [4.69, 9.17) is 32.5 Å². The Balaban J connectivity index is 1.46. The number of alkyl halides is 1. The summed E-state index contributed by atoms with van der Waals surface area (Å²) in [5, 5.41) is 14.6. The summed E-state index contributed by atoms with van der Waals surface area (Å²) < 4.78 is 54.2. The Morgan fingerprint density at radius 3 is 2.55 bits per heavy atom. The van der Waals surface area contributed by atoms with Crippen LogP contribution in [0.2, 0.25) is 5.02 Å². The lowest BCUT2D eigenvalue weighted by atomic mass is 9.80. The number of aromatic nitrogens is 1. The van der Waals surface area contributed by atoms with Gasteiger partial charge in [0, 0.05) is 41.3 Å². The van der Waals surface area contributed by atoms with Gasteiger partial charge in [-0.3, -0.25) is 14.6 Å². The zero-order valence-electron chi connectivity index (χ0n) is 26.3. The quantitative estimate of drug-likeness (QED) is 0.0791. The lowest BCUT2D eigenvalue weighted by Gasteiger charge is -2.30. The van der Waals surface area contributed by atoms with Crippen molar-refractivity contribution in [1.82, 2.24) is 10.3 Å². The van der Waals surface area contributed by atoms with Gasteiger partial charge in [0.2, 0.25) is 5.91 Å². The van der Waals surface area contributed by atoms with Crippen LogP contribution in [-0.4, -0.2) is 54.2 Å². The van der Waals surface area contributed by atoms with Crippen molar-refractivity contribution in [2.75, 3.05) is 26.0 Å². The Kier molecular flexibility index (Phi) is 8.53. The third-order valence-corrected chi connectivity index (χ3v) is 9.21. The molecule has 14 heteroatoms. The summed E-state index contributed by atoms with van der Waals surface area (Å²) in [6, 6.07) is 14.5. The van der Waals surface area contributed by atoms with Gasteiger partial charge in [0.15, 0.2) is 17.4 Å². The van der Waals surface area contributed by atoms with Crippen molar-refractivity contribution < 1.29 is 37.3 Å². The molecule has 1 aliphatic heterocycles. The summed E-state index contributed by atoms with van der Waals surface area (Å²) in [5.74, 6) is -5.41. The van der Waals surface area contributed by atoms with Crippen LogP contribution in [0.15, 0.2) is 65.7 Å². The van der Waals surface area contributed by atoms with Crippen molar-refractivity contribution in [3.63, 3.8) is 0 Å². The number of hydrogen-bond acceptors (Lipinski definition) is 8. The molecular weight excluding hydrogens is 663 g/mol. The van der Waals surface area contributed by atoms with E-state index in [0.717, 1.165) is 6.07 Å². The number of ether oxygens (including phenoxy) is 2. The molecule has 254 valence electrons. The number of carbonyl (C=O) groups is 2. The number of amides is 2. The smallest absolute Gasteiger partial charge is 0.251 e. The largest absolute Gasteiger partial charge is 0.495 e. The number of primary amides is 1. The summed E-state index contributed by atoms with van der Waals surface area (Å²) in [5.41, 5.74) is 9.18. The minimum Gasteiger partial charge on any atom is -0.495 e. The van der Waals surface area contributed by atoms with E-state index in [1.54, 1.807) is 30.3 Å². The van der Waals surface area contributed by atoms with Gasteiger partial charge in [0.05, 0.1) is 30.1 Å². The number of aliphatic hydroxyl groups is 1. The number of nitrogens with one attached hydrogen (secondary N) is 1. The number of benzene rings is 3. The summed E-state index contributed by atoms with van der Waals surface area (Å²) in [7, 11) is 1.36. The molecule has 0 saturated heterocycles. The highest BCUT2D eigenvalue weighted by Gasteiger charge is 2.46. The van der Waals surface area contributed by atoms with Gasteiger partial charge in [-0.2, -0.15) is 0 Å². The maximum absolute atomic E-state index is 14.7. The third-order valence-electron chi connectivity index (χ3n) is 8.84. The fourth-order valence-corrected chi connectivity index (χ4v) is 5.77. The highest BCUT2D eigenvalue weighted by molar-refractivity contribution is 6.33. The number of halogens is 4. The molecule has 1 aliphatic carbocycles. The molecule has 6 rings (SSSR count). The first kappa shape index (κ1) is 33.7. The van der Waals surface area contributed by atoms with Gasteiger partial charge in [0.25, 0.3) is 5.91 Å². The Morgan fingerprint density at radius 2 is 1.90 bits per heavy atom. The molecule has 10 nitrogen and oxygen atoms in total. The molecule has 1 fully saturated rings. The van der Waals surface area contributed by atoms with Crippen LogP contribution in [-0.2, 0) is 15.8 Å². The van der Waals surface area contributed by atoms with Crippen molar-refractivity contribution in [2.45, 2.75) is 36.6 Å². The van der Waals surface area contributed by atoms with Gasteiger partial charge in [0.1, 0.15) is 34.8 Å². The number of nitrogens with zero attached hydrogens (tertiary/aromatic N) is 2. The molecule has 2 atom stereocenters. The molecule has 4 aromatic rings. The number of nitrogens with two attached hydrogens (primary N) is 2. The minimum atomic E-state index is -2.10. The van der Waals surface area contributed by atoms with Crippen molar-refractivity contribution in [3.8, 4) is 22.8 Å². The number of rotatable bonds is 10. The molecule has 49 heavy (non-hydrogen) atoms. The van der Waals surface area contributed by atoms with Gasteiger partial charge in [-0.1, -0.05) is 41.9 Å². The van der Waals surface area contributed by atoms with Crippen LogP contribution >= 0.6 is 11.6 Å². The average molecular weight is 694 g/mol. The van der Waals surface area contributed by atoms with Gasteiger partial charge in [-0.15, -0.1) is 0 Å². The van der Waals surface area contributed by atoms with Gasteiger partial charge >= 0.3 is 0 Å². The fourth-order valence-electron chi connectivity index (χ4n) is 5.53. The lowest BCUT2D eigenvalue weighted by molar-refractivity contribution is -0.123. The number of nitrogen functional groups attached to an aromatic ring is 1. The zero-order chi connectivity index (χ0) is 35.3.